The minimum Gasteiger partial charge on any atom is -0.415 e. The molecule has 0 spiro atoms. The van der Waals surface area contributed by atoms with Crippen LogP contribution in [0.3, 0.4) is 0 Å². The second-order valence-corrected chi connectivity index (χ2v) is 3.67. The quantitative estimate of drug-likeness (QED) is 0.452. The molecule has 3 heteroatoms. The van der Waals surface area contributed by atoms with Crippen LogP contribution in [0.4, 0.5) is 0 Å². The van der Waals surface area contributed by atoms with Crippen LogP contribution in [-0.4, -0.2) is 0 Å². The Labute approximate surface area is 88.9 Å². The van der Waals surface area contributed by atoms with Crippen molar-refractivity contribution in [2.45, 2.75) is 26.2 Å². The maximum atomic E-state index is 5.15. The van der Waals surface area contributed by atoms with Gasteiger partial charge in [0, 0.05) is 0 Å². The summed E-state index contributed by atoms with van der Waals surface area (Å²) in [5.74, 6) is 0.861. The van der Waals surface area contributed by atoms with E-state index in [4.69, 9.17) is 4.18 Å². The molecule has 0 fully saturated rings. The number of hydrogen-bond acceptors (Lipinski definition) is 3. The third-order valence-corrected chi connectivity index (χ3v) is 2.37. The minimum atomic E-state index is 0.861. The molecule has 0 atom stereocenters. The fourth-order valence-electron chi connectivity index (χ4n) is 1.14. The van der Waals surface area contributed by atoms with E-state index in [1.165, 1.54) is 18.4 Å². The highest BCUT2D eigenvalue weighted by Crippen LogP contribution is 2.19. The molecule has 1 rings (SSSR count). The summed E-state index contributed by atoms with van der Waals surface area (Å²) < 4.78 is 5.15. The van der Waals surface area contributed by atoms with Crippen molar-refractivity contribution in [1.29, 1.82) is 0 Å². The summed E-state index contributed by atoms with van der Waals surface area (Å²) in [5, 5.41) is 0. The molecule has 1 aromatic carbocycles. The van der Waals surface area contributed by atoms with Gasteiger partial charge in [0.25, 0.3) is 0 Å². The number of aryl methyl sites for hydroxylation is 1. The van der Waals surface area contributed by atoms with Crippen molar-refractivity contribution in [1.82, 2.24) is 0 Å². The lowest BCUT2D eigenvalue weighted by Crippen LogP contribution is -1.84. The second-order valence-electron chi connectivity index (χ2n) is 2.91. The molecule has 0 aliphatic carbocycles. The van der Waals surface area contributed by atoms with Crippen molar-refractivity contribution >= 4 is 22.7 Å². The summed E-state index contributed by atoms with van der Waals surface area (Å²) in [7, 11) is 0. The molecule has 0 unspecified atom stereocenters. The van der Waals surface area contributed by atoms with Gasteiger partial charge in [0.1, 0.15) is 16.8 Å². The van der Waals surface area contributed by atoms with Gasteiger partial charge in [-0.05, 0) is 30.5 Å². The zero-order valence-corrected chi connectivity index (χ0v) is 9.41. The molecule has 0 aromatic heterocycles. The molecular weight excluding hydrogens is 200 g/mol. The molecule has 0 radical (unpaired) electrons. The predicted octanol–water partition coefficient (Wildman–Crippen LogP) is 3.90. The van der Waals surface area contributed by atoms with Gasteiger partial charge in [0.15, 0.2) is 0 Å². The van der Waals surface area contributed by atoms with Crippen LogP contribution in [0.1, 0.15) is 25.3 Å². The van der Waals surface area contributed by atoms with Crippen molar-refractivity contribution in [2.24, 2.45) is 0 Å². The lowest BCUT2D eigenvalue weighted by Gasteiger charge is -2.02. The summed E-state index contributed by atoms with van der Waals surface area (Å²) in [6.07, 6.45) is 3.65. The Bertz CT molecular complexity index is 233. The van der Waals surface area contributed by atoms with Crippen molar-refractivity contribution < 1.29 is 4.18 Å². The first-order valence-corrected chi connectivity index (χ1v) is 6.23. The predicted molar refractivity (Wildman–Crippen MR) is 62.3 cm³/mol. The van der Waals surface area contributed by atoms with Gasteiger partial charge in [0.05, 0.1) is 0 Å². The van der Waals surface area contributed by atoms with Crippen LogP contribution in [0.2, 0.25) is 0 Å². The number of benzene rings is 1. The summed E-state index contributed by atoms with van der Waals surface area (Å²) in [6, 6.07) is 8.17. The highest BCUT2D eigenvalue weighted by Gasteiger charge is 1.94. The molecule has 1 aromatic rings. The third-order valence-electron chi connectivity index (χ3n) is 1.88. The van der Waals surface area contributed by atoms with Crippen LogP contribution in [-0.2, 0) is 6.42 Å². The number of rotatable bonds is 5. The molecule has 13 heavy (non-hydrogen) atoms. The number of thiol groups is 1. The lowest BCUT2D eigenvalue weighted by atomic mass is 10.1. The molecule has 0 heterocycles. The SMILES string of the molecule is CCCCc1ccc(OSS)cc1. The summed E-state index contributed by atoms with van der Waals surface area (Å²) in [4.78, 5) is 0. The molecule has 0 N–H and O–H groups in total. The topological polar surface area (TPSA) is 9.23 Å². The molecule has 0 aliphatic heterocycles. The van der Waals surface area contributed by atoms with Crippen molar-refractivity contribution in [3.05, 3.63) is 29.8 Å². The van der Waals surface area contributed by atoms with Crippen LogP contribution < -0.4 is 4.18 Å². The van der Waals surface area contributed by atoms with E-state index in [0.29, 0.717) is 0 Å². The Morgan fingerprint density at radius 2 is 2.00 bits per heavy atom. The minimum absolute atomic E-state index is 0.861. The van der Waals surface area contributed by atoms with Gasteiger partial charge in [0.2, 0.25) is 0 Å². The summed E-state index contributed by atoms with van der Waals surface area (Å²) in [6.45, 7) is 2.20. The summed E-state index contributed by atoms with van der Waals surface area (Å²) in [5.41, 5.74) is 1.37. The third kappa shape index (κ3) is 3.96. The molecule has 0 saturated carbocycles. The normalized spacial score (nSPS) is 10.0. The first kappa shape index (κ1) is 10.8. The van der Waals surface area contributed by atoms with Crippen LogP contribution in [0.25, 0.3) is 0 Å². The van der Waals surface area contributed by atoms with Crippen LogP contribution in [0.5, 0.6) is 5.75 Å². The van der Waals surface area contributed by atoms with E-state index in [1.54, 1.807) is 0 Å². The second kappa shape index (κ2) is 6.22. The van der Waals surface area contributed by atoms with E-state index in [2.05, 4.69) is 30.7 Å². The average molecular weight is 214 g/mol. The van der Waals surface area contributed by atoms with Crippen LogP contribution in [0.15, 0.2) is 24.3 Å². The molecule has 1 nitrogen and oxygen atoms in total. The van der Waals surface area contributed by atoms with Crippen molar-refractivity contribution in [3.8, 4) is 5.75 Å². The zero-order valence-electron chi connectivity index (χ0n) is 7.69. The van der Waals surface area contributed by atoms with Gasteiger partial charge in [-0.1, -0.05) is 37.1 Å². The van der Waals surface area contributed by atoms with Gasteiger partial charge >= 0.3 is 0 Å². The summed E-state index contributed by atoms with van der Waals surface area (Å²) >= 11 is 4.98. The van der Waals surface area contributed by atoms with E-state index in [0.717, 1.165) is 23.2 Å². The Morgan fingerprint density at radius 3 is 2.54 bits per heavy atom. The molecule has 72 valence electrons. The van der Waals surface area contributed by atoms with E-state index >= 15 is 0 Å². The van der Waals surface area contributed by atoms with Gasteiger partial charge in [-0.3, -0.25) is 0 Å². The Morgan fingerprint density at radius 1 is 1.31 bits per heavy atom. The highest BCUT2D eigenvalue weighted by atomic mass is 33.1. The fourth-order valence-corrected chi connectivity index (χ4v) is 1.59. The molecule has 0 aliphatic rings. The van der Waals surface area contributed by atoms with Gasteiger partial charge in [-0.25, -0.2) is 0 Å². The molecule has 0 bridgehead atoms. The number of unbranched alkanes of at least 4 members (excludes halogenated alkanes) is 1. The number of hydrogen-bond donors (Lipinski definition) is 1. The van der Waals surface area contributed by atoms with Crippen LogP contribution >= 0.6 is 22.7 Å². The molecule has 0 saturated heterocycles. The maximum Gasteiger partial charge on any atom is 0.138 e. The fraction of sp³-hybridized carbons (Fsp3) is 0.400. The molecule has 0 amide bonds. The van der Waals surface area contributed by atoms with E-state index in [-0.39, 0.29) is 0 Å². The van der Waals surface area contributed by atoms with Crippen molar-refractivity contribution in [2.75, 3.05) is 0 Å². The van der Waals surface area contributed by atoms with Gasteiger partial charge in [-0.2, -0.15) is 0 Å². The average Bonchev–Trinajstić information content (AvgIpc) is 2.17. The molecular formula is C10H14OS2. The Balaban J connectivity index is 2.48. The van der Waals surface area contributed by atoms with Gasteiger partial charge < -0.3 is 4.18 Å². The Kier molecular flexibility index (Phi) is 5.16. The first-order valence-electron chi connectivity index (χ1n) is 4.44. The monoisotopic (exact) mass is 214 g/mol. The van der Waals surface area contributed by atoms with E-state index in [9.17, 15) is 0 Å². The highest BCUT2D eigenvalue weighted by molar-refractivity contribution is 8.66. The lowest BCUT2D eigenvalue weighted by molar-refractivity contribution is 0.655. The Hall–Kier alpha value is -0.280. The van der Waals surface area contributed by atoms with E-state index in [1.807, 2.05) is 12.1 Å². The standard InChI is InChI=1S/C10H14OS2/c1-2-3-4-9-5-7-10(8-6-9)11-13-12/h5-8,12H,2-4H2,1H3. The largest absolute Gasteiger partial charge is 0.415 e. The van der Waals surface area contributed by atoms with Gasteiger partial charge in [-0.15, -0.1) is 0 Å². The zero-order chi connectivity index (χ0) is 9.52. The van der Waals surface area contributed by atoms with Crippen molar-refractivity contribution in [3.63, 3.8) is 0 Å². The first-order chi connectivity index (χ1) is 6.36. The van der Waals surface area contributed by atoms with E-state index < -0.39 is 0 Å². The van der Waals surface area contributed by atoms with Crippen LogP contribution in [0, 0.1) is 0 Å². The maximum absolute atomic E-state index is 5.15. The smallest absolute Gasteiger partial charge is 0.138 e.